The molecule has 0 fully saturated rings. The van der Waals surface area contributed by atoms with E-state index in [0.29, 0.717) is 22.4 Å². The molecule has 1 aliphatic heterocycles. The van der Waals surface area contributed by atoms with E-state index in [2.05, 4.69) is 19.9 Å². The highest BCUT2D eigenvalue weighted by Crippen LogP contribution is 2.44. The molecule has 2 nitrogen and oxygen atoms in total. The molecule has 2 aromatic carbocycles. The van der Waals surface area contributed by atoms with E-state index in [9.17, 15) is 0 Å². The third-order valence-electron chi connectivity index (χ3n) is 3.48. The molecule has 0 amide bonds. The van der Waals surface area contributed by atoms with Gasteiger partial charge in [0, 0.05) is 22.6 Å². The minimum atomic E-state index is -0.203. The normalized spacial score (nSPS) is 15.4. The number of alkyl halides is 1. The van der Waals surface area contributed by atoms with Gasteiger partial charge in [-0.05, 0) is 32.0 Å². The van der Waals surface area contributed by atoms with Gasteiger partial charge in [0.05, 0.1) is 5.88 Å². The molecule has 4 heteroatoms. The Morgan fingerprint density at radius 3 is 2.62 bits per heavy atom. The Kier molecular flexibility index (Phi) is 3.76. The number of para-hydroxylation sites is 1. The van der Waals surface area contributed by atoms with Gasteiger partial charge in [0.1, 0.15) is 11.4 Å². The van der Waals surface area contributed by atoms with Gasteiger partial charge in [-0.25, -0.2) is 0 Å². The minimum Gasteiger partial charge on any atom is -0.483 e. The monoisotopic (exact) mass is 322 g/mol. The average Bonchev–Trinajstić information content (AvgIpc) is 2.74. The van der Waals surface area contributed by atoms with Crippen LogP contribution in [-0.2, 0) is 12.3 Å². The van der Waals surface area contributed by atoms with Crippen molar-refractivity contribution in [3.63, 3.8) is 0 Å². The second kappa shape index (κ2) is 5.43. The predicted molar refractivity (Wildman–Crippen MR) is 85.9 cm³/mol. The molecule has 0 aliphatic carbocycles. The number of hydrogen-bond acceptors (Lipinski definition) is 2. The van der Waals surface area contributed by atoms with Gasteiger partial charge in [0.25, 0.3) is 0 Å². The lowest BCUT2D eigenvalue weighted by Gasteiger charge is -2.18. The maximum Gasteiger partial charge on any atom is 0.169 e. The zero-order valence-corrected chi connectivity index (χ0v) is 13.5. The molecule has 3 rings (SSSR count). The van der Waals surface area contributed by atoms with Crippen molar-refractivity contribution < 1.29 is 9.47 Å². The van der Waals surface area contributed by atoms with E-state index in [1.807, 2.05) is 24.3 Å². The minimum absolute atomic E-state index is 0.203. The molecule has 0 bridgehead atoms. The molecule has 0 atom stereocenters. The van der Waals surface area contributed by atoms with Crippen molar-refractivity contribution >= 4 is 23.2 Å². The smallest absolute Gasteiger partial charge is 0.169 e. The molecule has 0 saturated carbocycles. The number of fused-ring (bicyclic) bond motifs is 1. The van der Waals surface area contributed by atoms with Crippen molar-refractivity contribution in [3.05, 3.63) is 52.5 Å². The van der Waals surface area contributed by atoms with E-state index in [1.54, 1.807) is 6.07 Å². The van der Waals surface area contributed by atoms with Crippen LogP contribution in [0.15, 0.2) is 36.4 Å². The SMILES string of the molecule is CC1(C)Cc2cccc(Oc3cccc(Cl)c3CCl)c2O1. The summed E-state index contributed by atoms with van der Waals surface area (Å²) in [5.41, 5.74) is 1.74. The summed E-state index contributed by atoms with van der Waals surface area (Å²) in [6, 6.07) is 11.5. The first-order valence-corrected chi connectivity index (χ1v) is 7.73. The van der Waals surface area contributed by atoms with E-state index >= 15 is 0 Å². The van der Waals surface area contributed by atoms with Crippen molar-refractivity contribution in [1.29, 1.82) is 0 Å². The summed E-state index contributed by atoms with van der Waals surface area (Å²) in [6.07, 6.45) is 0.872. The fourth-order valence-corrected chi connectivity index (χ4v) is 3.13. The molecule has 0 saturated heterocycles. The lowest BCUT2D eigenvalue weighted by Crippen LogP contribution is -2.24. The van der Waals surface area contributed by atoms with Crippen LogP contribution in [-0.4, -0.2) is 5.60 Å². The van der Waals surface area contributed by atoms with Crippen molar-refractivity contribution in [2.24, 2.45) is 0 Å². The number of ether oxygens (including phenoxy) is 2. The maximum atomic E-state index is 6.16. The fourth-order valence-electron chi connectivity index (χ4n) is 2.55. The third kappa shape index (κ3) is 2.83. The molecular weight excluding hydrogens is 307 g/mol. The molecule has 110 valence electrons. The van der Waals surface area contributed by atoms with Gasteiger partial charge in [0.2, 0.25) is 0 Å². The van der Waals surface area contributed by atoms with Gasteiger partial charge in [-0.3, -0.25) is 0 Å². The molecule has 0 N–H and O–H groups in total. The number of halogens is 2. The van der Waals surface area contributed by atoms with Crippen LogP contribution in [0.2, 0.25) is 5.02 Å². The topological polar surface area (TPSA) is 18.5 Å². The first kappa shape index (κ1) is 14.6. The molecule has 2 aromatic rings. The van der Waals surface area contributed by atoms with Crippen molar-refractivity contribution in [1.82, 2.24) is 0 Å². The highest BCUT2D eigenvalue weighted by atomic mass is 35.5. The lowest BCUT2D eigenvalue weighted by molar-refractivity contribution is 0.135. The van der Waals surface area contributed by atoms with Crippen LogP contribution < -0.4 is 9.47 Å². The predicted octanol–water partition coefficient (Wildman–Crippen LogP) is 5.58. The Bertz CT molecular complexity index is 680. The standard InChI is InChI=1S/C17H16Cl2O2/c1-17(2)9-11-5-3-8-15(16(11)21-17)20-14-7-4-6-13(19)12(14)10-18/h3-8H,9-10H2,1-2H3. The summed E-state index contributed by atoms with van der Waals surface area (Å²) in [6.45, 7) is 4.14. The molecule has 0 radical (unpaired) electrons. The molecule has 1 aliphatic rings. The van der Waals surface area contributed by atoms with Crippen molar-refractivity contribution in [3.8, 4) is 17.2 Å². The highest BCUT2D eigenvalue weighted by molar-refractivity contribution is 6.32. The first-order valence-electron chi connectivity index (χ1n) is 6.82. The second-order valence-electron chi connectivity index (χ2n) is 5.74. The van der Waals surface area contributed by atoms with E-state index < -0.39 is 0 Å². The summed E-state index contributed by atoms with van der Waals surface area (Å²) >= 11 is 12.1. The number of benzene rings is 2. The second-order valence-corrected chi connectivity index (χ2v) is 6.41. The number of rotatable bonds is 3. The van der Waals surface area contributed by atoms with Gasteiger partial charge in [-0.2, -0.15) is 0 Å². The Hall–Kier alpha value is -1.38. The van der Waals surface area contributed by atoms with Crippen LogP contribution >= 0.6 is 23.2 Å². The third-order valence-corrected chi connectivity index (χ3v) is 4.11. The molecule has 1 heterocycles. The van der Waals surface area contributed by atoms with Crippen molar-refractivity contribution in [2.45, 2.75) is 31.7 Å². The molecule has 21 heavy (non-hydrogen) atoms. The van der Waals surface area contributed by atoms with Gasteiger partial charge >= 0.3 is 0 Å². The highest BCUT2D eigenvalue weighted by Gasteiger charge is 2.32. The van der Waals surface area contributed by atoms with Gasteiger partial charge in [0.15, 0.2) is 11.5 Å². The first-order chi connectivity index (χ1) is 10.00. The van der Waals surface area contributed by atoms with Crippen LogP contribution in [0.3, 0.4) is 0 Å². The van der Waals surface area contributed by atoms with Crippen LogP contribution in [0.25, 0.3) is 0 Å². The van der Waals surface area contributed by atoms with E-state index in [4.69, 9.17) is 32.7 Å². The molecular formula is C17H16Cl2O2. The largest absolute Gasteiger partial charge is 0.483 e. The van der Waals surface area contributed by atoms with E-state index in [-0.39, 0.29) is 5.60 Å². The van der Waals surface area contributed by atoms with Crippen LogP contribution in [0.5, 0.6) is 17.2 Å². The Morgan fingerprint density at radius 2 is 1.86 bits per heavy atom. The number of hydrogen-bond donors (Lipinski definition) is 0. The molecule has 0 unspecified atom stereocenters. The maximum absolute atomic E-state index is 6.16. The molecule has 0 aromatic heterocycles. The zero-order valence-electron chi connectivity index (χ0n) is 12.0. The van der Waals surface area contributed by atoms with E-state index in [0.717, 1.165) is 23.3 Å². The average molecular weight is 323 g/mol. The zero-order chi connectivity index (χ0) is 15.0. The summed E-state index contributed by atoms with van der Waals surface area (Å²) in [7, 11) is 0. The Labute approximate surface area is 134 Å². The van der Waals surface area contributed by atoms with Gasteiger partial charge < -0.3 is 9.47 Å². The van der Waals surface area contributed by atoms with Crippen molar-refractivity contribution in [2.75, 3.05) is 0 Å². The quantitative estimate of drug-likeness (QED) is 0.686. The van der Waals surface area contributed by atoms with Crippen LogP contribution in [0, 0.1) is 0 Å². The molecule has 0 spiro atoms. The summed E-state index contributed by atoms with van der Waals surface area (Å²) < 4.78 is 12.0. The van der Waals surface area contributed by atoms with Crippen LogP contribution in [0.4, 0.5) is 0 Å². The summed E-state index contributed by atoms with van der Waals surface area (Å²) in [5.74, 6) is 2.48. The van der Waals surface area contributed by atoms with Crippen LogP contribution in [0.1, 0.15) is 25.0 Å². The summed E-state index contributed by atoms with van der Waals surface area (Å²) in [5, 5.41) is 0.608. The summed E-state index contributed by atoms with van der Waals surface area (Å²) in [4.78, 5) is 0. The lowest BCUT2D eigenvalue weighted by atomic mass is 10.0. The van der Waals surface area contributed by atoms with Gasteiger partial charge in [-0.1, -0.05) is 29.8 Å². The fraction of sp³-hybridized carbons (Fsp3) is 0.294. The van der Waals surface area contributed by atoms with E-state index in [1.165, 1.54) is 0 Å². The Morgan fingerprint density at radius 1 is 1.14 bits per heavy atom. The van der Waals surface area contributed by atoms with Gasteiger partial charge in [-0.15, -0.1) is 11.6 Å². The Balaban J connectivity index is 1.98.